The third-order valence-electron chi connectivity index (χ3n) is 3.34. The summed E-state index contributed by atoms with van der Waals surface area (Å²) in [7, 11) is 1.10. The molecule has 17 heavy (non-hydrogen) atoms. The second-order valence-corrected chi connectivity index (χ2v) is 6.01. The fraction of sp³-hybridized carbons (Fsp3) is 0.571. The van der Waals surface area contributed by atoms with Crippen molar-refractivity contribution < 1.29 is 4.74 Å². The molecule has 2 radical (unpaired) electrons. The Labute approximate surface area is 107 Å². The summed E-state index contributed by atoms with van der Waals surface area (Å²) in [5.41, 5.74) is 2.21. The largest absolute Gasteiger partial charge is 0.375 e. The highest BCUT2D eigenvalue weighted by atomic mass is 28.2. The van der Waals surface area contributed by atoms with Crippen molar-refractivity contribution in [2.45, 2.75) is 25.1 Å². The maximum atomic E-state index is 5.71. The van der Waals surface area contributed by atoms with E-state index >= 15 is 0 Å². The van der Waals surface area contributed by atoms with Gasteiger partial charge in [0.1, 0.15) is 0 Å². The SMILES string of the molecule is C[Si][C@@H]1CCN(CCOCc2ccccc2)C1. The highest BCUT2D eigenvalue weighted by molar-refractivity contribution is 6.35. The lowest BCUT2D eigenvalue weighted by molar-refractivity contribution is 0.0992. The summed E-state index contributed by atoms with van der Waals surface area (Å²) < 4.78 is 5.71. The molecule has 0 aromatic heterocycles. The van der Waals surface area contributed by atoms with E-state index in [0.29, 0.717) is 0 Å². The Balaban J connectivity index is 1.58. The van der Waals surface area contributed by atoms with Gasteiger partial charge in [0.25, 0.3) is 0 Å². The lowest BCUT2D eigenvalue weighted by Crippen LogP contribution is -2.25. The summed E-state index contributed by atoms with van der Waals surface area (Å²) in [5, 5.41) is 0. The third-order valence-corrected chi connectivity index (χ3v) is 4.63. The number of rotatable bonds is 6. The molecular weight excluding hydrogens is 226 g/mol. The Morgan fingerprint density at radius 1 is 1.35 bits per heavy atom. The molecule has 0 saturated carbocycles. The van der Waals surface area contributed by atoms with E-state index in [0.717, 1.165) is 34.8 Å². The van der Waals surface area contributed by atoms with E-state index in [-0.39, 0.29) is 0 Å². The van der Waals surface area contributed by atoms with Gasteiger partial charge in [-0.25, -0.2) is 0 Å². The first-order valence-electron chi connectivity index (χ1n) is 6.40. The molecular formula is C14H21NOSi. The lowest BCUT2D eigenvalue weighted by Gasteiger charge is -2.15. The van der Waals surface area contributed by atoms with Crippen molar-refractivity contribution in [3.8, 4) is 0 Å². The van der Waals surface area contributed by atoms with E-state index < -0.39 is 0 Å². The molecule has 0 spiro atoms. The monoisotopic (exact) mass is 247 g/mol. The number of ether oxygens (including phenoxy) is 1. The zero-order chi connectivity index (χ0) is 11.9. The quantitative estimate of drug-likeness (QED) is 0.565. The molecule has 2 nitrogen and oxygen atoms in total. The normalized spacial score (nSPS) is 20.9. The molecule has 0 bridgehead atoms. The van der Waals surface area contributed by atoms with Gasteiger partial charge < -0.3 is 9.64 Å². The molecule has 1 saturated heterocycles. The molecule has 0 amide bonds. The first kappa shape index (κ1) is 12.8. The van der Waals surface area contributed by atoms with Crippen LogP contribution in [0, 0.1) is 0 Å². The minimum Gasteiger partial charge on any atom is -0.375 e. The van der Waals surface area contributed by atoms with Gasteiger partial charge in [0.15, 0.2) is 0 Å². The van der Waals surface area contributed by atoms with Crippen LogP contribution in [0.15, 0.2) is 30.3 Å². The van der Waals surface area contributed by atoms with Crippen molar-refractivity contribution in [3.05, 3.63) is 35.9 Å². The van der Waals surface area contributed by atoms with Crippen LogP contribution in [0.25, 0.3) is 0 Å². The van der Waals surface area contributed by atoms with Gasteiger partial charge in [-0.2, -0.15) is 0 Å². The van der Waals surface area contributed by atoms with E-state index in [1.54, 1.807) is 0 Å². The van der Waals surface area contributed by atoms with Gasteiger partial charge in [-0.15, -0.1) is 0 Å². The Morgan fingerprint density at radius 2 is 2.18 bits per heavy atom. The molecule has 0 unspecified atom stereocenters. The fourth-order valence-electron chi connectivity index (χ4n) is 2.23. The smallest absolute Gasteiger partial charge is 0.0717 e. The predicted molar refractivity (Wildman–Crippen MR) is 72.5 cm³/mol. The number of nitrogens with zero attached hydrogens (tertiary/aromatic N) is 1. The number of benzene rings is 1. The first-order valence-corrected chi connectivity index (χ1v) is 7.97. The molecule has 2 rings (SSSR count). The van der Waals surface area contributed by atoms with Crippen molar-refractivity contribution in [1.29, 1.82) is 0 Å². The van der Waals surface area contributed by atoms with Crippen molar-refractivity contribution in [3.63, 3.8) is 0 Å². The molecule has 1 aromatic rings. The van der Waals surface area contributed by atoms with Gasteiger partial charge in [0, 0.05) is 16.1 Å². The number of hydrogen-bond acceptors (Lipinski definition) is 2. The van der Waals surface area contributed by atoms with Crippen molar-refractivity contribution in [2.24, 2.45) is 0 Å². The molecule has 1 atom stereocenters. The minimum absolute atomic E-state index is 0.744. The van der Waals surface area contributed by atoms with Crippen LogP contribution >= 0.6 is 0 Å². The molecule has 1 aliphatic rings. The van der Waals surface area contributed by atoms with Crippen LogP contribution < -0.4 is 0 Å². The zero-order valence-corrected chi connectivity index (χ0v) is 11.6. The molecule has 3 heteroatoms. The van der Waals surface area contributed by atoms with E-state index in [9.17, 15) is 0 Å². The lowest BCUT2D eigenvalue weighted by atomic mass is 10.2. The van der Waals surface area contributed by atoms with E-state index in [4.69, 9.17) is 4.74 Å². The van der Waals surface area contributed by atoms with E-state index in [1.165, 1.54) is 25.1 Å². The second-order valence-electron chi connectivity index (χ2n) is 4.61. The maximum absolute atomic E-state index is 5.71. The highest BCUT2D eigenvalue weighted by Crippen LogP contribution is 2.19. The molecule has 1 heterocycles. The summed E-state index contributed by atoms with van der Waals surface area (Å²) in [6, 6.07) is 10.4. The summed E-state index contributed by atoms with van der Waals surface area (Å²) in [6.07, 6.45) is 1.38. The van der Waals surface area contributed by atoms with Gasteiger partial charge in [0.05, 0.1) is 13.2 Å². The van der Waals surface area contributed by atoms with Gasteiger partial charge in [0.2, 0.25) is 0 Å². The van der Waals surface area contributed by atoms with Crippen LogP contribution in [-0.2, 0) is 11.3 Å². The van der Waals surface area contributed by atoms with Gasteiger partial charge in [-0.1, -0.05) is 36.9 Å². The van der Waals surface area contributed by atoms with Crippen molar-refractivity contribution in [1.82, 2.24) is 4.90 Å². The van der Waals surface area contributed by atoms with Crippen molar-refractivity contribution >= 4 is 9.52 Å². The topological polar surface area (TPSA) is 12.5 Å². The number of likely N-dealkylation sites (tertiary alicyclic amines) is 1. The van der Waals surface area contributed by atoms with Gasteiger partial charge in [-0.3, -0.25) is 0 Å². The summed E-state index contributed by atoms with van der Waals surface area (Å²) in [4.78, 5) is 2.53. The Morgan fingerprint density at radius 3 is 2.88 bits per heavy atom. The molecule has 0 aliphatic carbocycles. The molecule has 1 aromatic carbocycles. The van der Waals surface area contributed by atoms with E-state index in [1.807, 2.05) is 6.07 Å². The summed E-state index contributed by atoms with van der Waals surface area (Å²) in [6.45, 7) is 7.56. The van der Waals surface area contributed by atoms with Crippen molar-refractivity contribution in [2.75, 3.05) is 26.2 Å². The summed E-state index contributed by atoms with van der Waals surface area (Å²) >= 11 is 0. The third kappa shape index (κ3) is 4.26. The molecule has 0 N–H and O–H groups in total. The average Bonchev–Trinajstić information content (AvgIpc) is 2.84. The predicted octanol–water partition coefficient (Wildman–Crippen LogP) is 2.45. The highest BCUT2D eigenvalue weighted by Gasteiger charge is 2.20. The van der Waals surface area contributed by atoms with E-state index in [2.05, 4.69) is 35.7 Å². The average molecular weight is 247 g/mol. The fourth-order valence-corrected chi connectivity index (χ4v) is 3.09. The second kappa shape index (κ2) is 6.94. The zero-order valence-electron chi connectivity index (χ0n) is 10.6. The van der Waals surface area contributed by atoms with Crippen LogP contribution in [0.2, 0.25) is 12.1 Å². The Bertz CT molecular complexity index is 317. The van der Waals surface area contributed by atoms with Crippen LogP contribution in [0.4, 0.5) is 0 Å². The molecule has 92 valence electrons. The van der Waals surface area contributed by atoms with Crippen LogP contribution in [0.5, 0.6) is 0 Å². The van der Waals surface area contributed by atoms with Gasteiger partial charge in [-0.05, 0) is 30.6 Å². The number of hydrogen-bond donors (Lipinski definition) is 0. The Hall–Kier alpha value is -0.643. The van der Waals surface area contributed by atoms with Crippen LogP contribution in [0.3, 0.4) is 0 Å². The molecule has 1 fully saturated rings. The Kier molecular flexibility index (Phi) is 5.23. The maximum Gasteiger partial charge on any atom is 0.0717 e. The molecule has 1 aliphatic heterocycles. The van der Waals surface area contributed by atoms with Crippen LogP contribution in [0.1, 0.15) is 12.0 Å². The first-order chi connectivity index (χ1) is 8.38. The van der Waals surface area contributed by atoms with Gasteiger partial charge >= 0.3 is 0 Å². The summed E-state index contributed by atoms with van der Waals surface area (Å²) in [5.74, 6) is 0. The minimum atomic E-state index is 0.744. The standard InChI is InChI=1S/C14H21NOSi/c1-17-14-7-8-15(11-14)9-10-16-12-13-5-3-2-4-6-13/h2-6,14H,7-12H2,1H3/t14-/m1/s1. The van der Waals surface area contributed by atoms with Crippen LogP contribution in [-0.4, -0.2) is 40.7 Å².